The quantitative estimate of drug-likeness (QED) is 0.715. The Morgan fingerprint density at radius 3 is 2.29 bits per heavy atom. The molecule has 1 rings (SSSR count). The molecular weight excluding hydrogens is 254 g/mol. The molecule has 0 unspecified atom stereocenters. The van der Waals surface area contributed by atoms with Crippen LogP contribution in [0.1, 0.15) is 11.8 Å². The van der Waals surface area contributed by atoms with Gasteiger partial charge in [-0.25, -0.2) is 8.42 Å². The highest BCUT2D eigenvalue weighted by molar-refractivity contribution is 7.91. The second-order valence-electron chi connectivity index (χ2n) is 3.47. The molecule has 1 aromatic rings. The Hall–Kier alpha value is -0.910. The van der Waals surface area contributed by atoms with Gasteiger partial charge in [0.1, 0.15) is 4.21 Å². The summed E-state index contributed by atoms with van der Waals surface area (Å²) >= 11 is 1.32. The van der Waals surface area contributed by atoms with Crippen LogP contribution in [0.5, 0.6) is 0 Å². The Labute approximate surface area is 107 Å². The van der Waals surface area contributed by atoms with E-state index in [0.29, 0.717) is 17.3 Å². The van der Waals surface area contributed by atoms with E-state index >= 15 is 0 Å². The van der Waals surface area contributed by atoms with Crippen LogP contribution in [0.3, 0.4) is 0 Å². The van der Waals surface area contributed by atoms with E-state index in [9.17, 15) is 8.42 Å². The summed E-state index contributed by atoms with van der Waals surface area (Å²) in [6, 6.07) is 3.52. The molecule has 0 fully saturated rings. The van der Waals surface area contributed by atoms with E-state index in [-0.39, 0.29) is 0 Å². The Kier molecular flexibility index (Phi) is 5.11. The molecule has 0 bridgehead atoms. The lowest BCUT2D eigenvalue weighted by Crippen LogP contribution is -2.30. The van der Waals surface area contributed by atoms with Gasteiger partial charge in [-0.1, -0.05) is 19.1 Å². The molecule has 0 aromatic carbocycles. The van der Waals surface area contributed by atoms with E-state index in [1.54, 1.807) is 18.2 Å². The van der Waals surface area contributed by atoms with Crippen molar-refractivity contribution in [2.45, 2.75) is 17.6 Å². The normalized spacial score (nSPS) is 11.6. The standard InChI is InChI=1S/C12H17NO2S2/c1-4-9-13(10-5-2)17(14,15)12-8-7-11(6-3)16-12/h4-5,7-8H,1-2,6,9-10H2,3H3. The van der Waals surface area contributed by atoms with Crippen LogP contribution in [0, 0.1) is 0 Å². The number of thiophene rings is 1. The molecule has 1 aromatic heterocycles. The van der Waals surface area contributed by atoms with Crippen molar-refractivity contribution < 1.29 is 8.42 Å². The molecule has 0 aliphatic carbocycles. The Balaban J connectivity index is 3.05. The third-order valence-electron chi connectivity index (χ3n) is 2.25. The first kappa shape index (κ1) is 14.2. The Morgan fingerprint density at radius 1 is 1.29 bits per heavy atom. The predicted molar refractivity (Wildman–Crippen MR) is 72.8 cm³/mol. The van der Waals surface area contributed by atoms with Gasteiger partial charge < -0.3 is 0 Å². The largest absolute Gasteiger partial charge is 0.253 e. The first-order chi connectivity index (χ1) is 8.06. The topological polar surface area (TPSA) is 37.4 Å². The van der Waals surface area contributed by atoms with E-state index in [4.69, 9.17) is 0 Å². The summed E-state index contributed by atoms with van der Waals surface area (Å²) in [6.07, 6.45) is 4.01. The summed E-state index contributed by atoms with van der Waals surface area (Å²) in [4.78, 5) is 1.07. The molecule has 0 aliphatic rings. The molecule has 0 atom stereocenters. The summed E-state index contributed by atoms with van der Waals surface area (Å²) < 4.78 is 26.3. The Bertz CT molecular complexity index is 478. The van der Waals surface area contributed by atoms with Crippen LogP contribution in [0.15, 0.2) is 41.7 Å². The number of nitrogens with zero attached hydrogens (tertiary/aromatic N) is 1. The van der Waals surface area contributed by atoms with Crippen LogP contribution in [0.2, 0.25) is 0 Å². The molecule has 0 saturated carbocycles. The van der Waals surface area contributed by atoms with Crippen LogP contribution in [0.4, 0.5) is 0 Å². The lowest BCUT2D eigenvalue weighted by atomic mass is 10.4. The maximum atomic E-state index is 12.3. The zero-order valence-electron chi connectivity index (χ0n) is 9.93. The van der Waals surface area contributed by atoms with Gasteiger partial charge in [0.25, 0.3) is 10.0 Å². The first-order valence-corrected chi connectivity index (χ1v) is 7.62. The van der Waals surface area contributed by atoms with E-state index in [1.165, 1.54) is 15.6 Å². The maximum Gasteiger partial charge on any atom is 0.253 e. The van der Waals surface area contributed by atoms with Crippen molar-refractivity contribution in [3.63, 3.8) is 0 Å². The monoisotopic (exact) mass is 271 g/mol. The fraction of sp³-hybridized carbons (Fsp3) is 0.333. The SMILES string of the molecule is C=CCN(CC=C)S(=O)(=O)c1ccc(CC)s1. The van der Waals surface area contributed by atoms with Crippen molar-refractivity contribution in [2.24, 2.45) is 0 Å². The van der Waals surface area contributed by atoms with Crippen molar-refractivity contribution >= 4 is 21.4 Å². The molecule has 94 valence electrons. The zero-order valence-corrected chi connectivity index (χ0v) is 11.6. The number of sulfonamides is 1. The van der Waals surface area contributed by atoms with Gasteiger partial charge in [0.2, 0.25) is 0 Å². The molecule has 0 saturated heterocycles. The molecule has 0 amide bonds. The molecule has 0 aliphatic heterocycles. The lowest BCUT2D eigenvalue weighted by molar-refractivity contribution is 0.476. The van der Waals surface area contributed by atoms with E-state index in [0.717, 1.165) is 11.3 Å². The van der Waals surface area contributed by atoms with Crippen LogP contribution in [-0.2, 0) is 16.4 Å². The maximum absolute atomic E-state index is 12.3. The summed E-state index contributed by atoms with van der Waals surface area (Å²) in [7, 11) is -3.41. The molecule has 0 N–H and O–H groups in total. The van der Waals surface area contributed by atoms with Gasteiger partial charge in [0.15, 0.2) is 0 Å². The van der Waals surface area contributed by atoms with E-state index in [2.05, 4.69) is 13.2 Å². The fourth-order valence-corrected chi connectivity index (χ4v) is 4.20. The number of aryl methyl sites for hydroxylation is 1. The lowest BCUT2D eigenvalue weighted by Gasteiger charge is -2.17. The van der Waals surface area contributed by atoms with Crippen LogP contribution in [0.25, 0.3) is 0 Å². The van der Waals surface area contributed by atoms with Gasteiger partial charge in [-0.05, 0) is 18.6 Å². The third kappa shape index (κ3) is 3.28. The fourth-order valence-electron chi connectivity index (χ4n) is 1.37. The molecule has 5 heteroatoms. The molecule has 17 heavy (non-hydrogen) atoms. The minimum Gasteiger partial charge on any atom is -0.206 e. The van der Waals surface area contributed by atoms with Gasteiger partial charge in [-0.2, -0.15) is 4.31 Å². The minimum absolute atomic E-state index is 0.299. The van der Waals surface area contributed by atoms with Crippen LogP contribution < -0.4 is 0 Å². The van der Waals surface area contributed by atoms with Gasteiger partial charge in [-0.15, -0.1) is 24.5 Å². The zero-order chi connectivity index (χ0) is 12.9. The second-order valence-corrected chi connectivity index (χ2v) is 6.81. The van der Waals surface area contributed by atoms with E-state index < -0.39 is 10.0 Å². The number of rotatable bonds is 7. The summed E-state index contributed by atoms with van der Waals surface area (Å²) in [5, 5.41) is 0. The predicted octanol–water partition coefficient (Wildman–Crippen LogP) is 2.67. The second kappa shape index (κ2) is 6.14. The van der Waals surface area contributed by atoms with Crippen molar-refractivity contribution in [3.8, 4) is 0 Å². The van der Waals surface area contributed by atoms with Crippen LogP contribution >= 0.6 is 11.3 Å². The summed E-state index contributed by atoms with van der Waals surface area (Å²) in [5.74, 6) is 0. The van der Waals surface area contributed by atoms with Crippen molar-refractivity contribution in [1.29, 1.82) is 0 Å². The average Bonchev–Trinajstić information content (AvgIpc) is 2.78. The molecule has 1 heterocycles. The first-order valence-electron chi connectivity index (χ1n) is 5.37. The van der Waals surface area contributed by atoms with Gasteiger partial charge in [-0.3, -0.25) is 0 Å². The average molecular weight is 271 g/mol. The van der Waals surface area contributed by atoms with E-state index in [1.807, 2.05) is 13.0 Å². The van der Waals surface area contributed by atoms with Gasteiger partial charge in [0.05, 0.1) is 0 Å². The number of hydrogen-bond acceptors (Lipinski definition) is 3. The molecule has 0 spiro atoms. The molecule has 0 radical (unpaired) electrons. The Morgan fingerprint density at radius 2 is 1.88 bits per heavy atom. The van der Waals surface area contributed by atoms with Gasteiger partial charge >= 0.3 is 0 Å². The highest BCUT2D eigenvalue weighted by Crippen LogP contribution is 2.25. The summed E-state index contributed by atoms with van der Waals surface area (Å²) in [5.41, 5.74) is 0. The molecule has 3 nitrogen and oxygen atoms in total. The van der Waals surface area contributed by atoms with Crippen LogP contribution in [-0.4, -0.2) is 25.8 Å². The summed E-state index contributed by atoms with van der Waals surface area (Å²) in [6.45, 7) is 9.75. The van der Waals surface area contributed by atoms with Crippen molar-refractivity contribution in [3.05, 3.63) is 42.3 Å². The van der Waals surface area contributed by atoms with Crippen molar-refractivity contribution in [2.75, 3.05) is 13.1 Å². The smallest absolute Gasteiger partial charge is 0.206 e. The minimum atomic E-state index is -3.41. The van der Waals surface area contributed by atoms with Crippen molar-refractivity contribution in [1.82, 2.24) is 4.31 Å². The van der Waals surface area contributed by atoms with Gasteiger partial charge in [0, 0.05) is 18.0 Å². The number of hydrogen-bond donors (Lipinski definition) is 0. The molecular formula is C12H17NO2S2. The highest BCUT2D eigenvalue weighted by atomic mass is 32.2. The highest BCUT2D eigenvalue weighted by Gasteiger charge is 2.23. The third-order valence-corrected chi connectivity index (χ3v) is 5.77.